The van der Waals surface area contributed by atoms with Crippen molar-refractivity contribution in [3.05, 3.63) is 42.4 Å². The first-order valence-electron chi connectivity index (χ1n) is 9.66. The van der Waals surface area contributed by atoms with Crippen LogP contribution in [-0.4, -0.2) is 63.4 Å². The predicted octanol–water partition coefficient (Wildman–Crippen LogP) is 1.23. The van der Waals surface area contributed by atoms with Crippen molar-refractivity contribution >= 4 is 0 Å². The van der Waals surface area contributed by atoms with Gasteiger partial charge in [-0.25, -0.2) is 9.97 Å². The largest absolute Gasteiger partial charge is 0.392 e. The molecule has 1 saturated heterocycles. The van der Waals surface area contributed by atoms with Crippen LogP contribution in [-0.2, 0) is 11.3 Å². The summed E-state index contributed by atoms with van der Waals surface area (Å²) in [6.07, 6.45) is 8.06. The third kappa shape index (κ3) is 3.73. The molecule has 3 heterocycles. The Kier molecular flexibility index (Phi) is 5.45. The Bertz CT molecular complexity index is 732. The highest BCUT2D eigenvalue weighted by molar-refractivity contribution is 5.47. The zero-order valence-corrected chi connectivity index (χ0v) is 15.5. The highest BCUT2D eigenvalue weighted by Gasteiger charge is 2.55. The molecule has 1 aliphatic carbocycles. The first-order chi connectivity index (χ1) is 13.2. The Morgan fingerprint density at radius 2 is 1.96 bits per heavy atom. The lowest BCUT2D eigenvalue weighted by Crippen LogP contribution is -2.62. The van der Waals surface area contributed by atoms with E-state index >= 15 is 0 Å². The van der Waals surface area contributed by atoms with Crippen molar-refractivity contribution in [2.24, 2.45) is 11.1 Å². The number of hydrogen-bond acceptors (Lipinski definition) is 7. The van der Waals surface area contributed by atoms with E-state index in [-0.39, 0.29) is 17.6 Å². The van der Waals surface area contributed by atoms with Crippen molar-refractivity contribution in [2.45, 2.75) is 38.0 Å². The summed E-state index contributed by atoms with van der Waals surface area (Å²) in [6.45, 7) is 3.82. The summed E-state index contributed by atoms with van der Waals surface area (Å²) in [5.41, 5.74) is 7.35. The van der Waals surface area contributed by atoms with Gasteiger partial charge in [-0.2, -0.15) is 0 Å². The number of aliphatic hydroxyl groups excluding tert-OH is 1. The van der Waals surface area contributed by atoms with E-state index in [1.165, 1.54) is 0 Å². The molecule has 1 saturated carbocycles. The molecule has 0 aromatic carbocycles. The number of rotatable bonds is 6. The van der Waals surface area contributed by atoms with Crippen LogP contribution in [0.15, 0.2) is 36.8 Å². The number of nitrogens with two attached hydrogens (primary N) is 1. The molecule has 3 N–H and O–H groups in total. The van der Waals surface area contributed by atoms with Gasteiger partial charge in [0.2, 0.25) is 0 Å². The van der Waals surface area contributed by atoms with Crippen LogP contribution in [0.3, 0.4) is 0 Å². The molecule has 0 bridgehead atoms. The quantitative estimate of drug-likeness (QED) is 0.790. The van der Waals surface area contributed by atoms with Gasteiger partial charge in [-0.15, -0.1) is 0 Å². The number of aliphatic hydroxyl groups is 1. The minimum atomic E-state index is -0.247. The molecule has 2 aromatic heterocycles. The molecule has 2 fully saturated rings. The van der Waals surface area contributed by atoms with Crippen LogP contribution in [0.1, 0.15) is 24.8 Å². The molecule has 0 amide bonds. The minimum absolute atomic E-state index is 0.0784. The fourth-order valence-electron chi connectivity index (χ4n) is 4.28. The molecule has 144 valence electrons. The van der Waals surface area contributed by atoms with Gasteiger partial charge in [-0.05, 0) is 38.1 Å². The summed E-state index contributed by atoms with van der Waals surface area (Å²) in [4.78, 5) is 15.6. The molecule has 1 aliphatic heterocycles. The van der Waals surface area contributed by atoms with E-state index in [0.29, 0.717) is 19.0 Å². The maximum atomic E-state index is 10.4. The van der Waals surface area contributed by atoms with Gasteiger partial charge in [0.15, 0.2) is 5.82 Å². The zero-order valence-electron chi connectivity index (χ0n) is 15.5. The van der Waals surface area contributed by atoms with Gasteiger partial charge >= 0.3 is 0 Å². The molecular formula is C20H27N5O2. The Hall–Kier alpha value is -1.93. The lowest BCUT2D eigenvalue weighted by Gasteiger charge is -2.56. The second-order valence-corrected chi connectivity index (χ2v) is 7.54. The smallest absolute Gasteiger partial charge is 0.178 e. The van der Waals surface area contributed by atoms with Crippen LogP contribution in [0.5, 0.6) is 0 Å². The minimum Gasteiger partial charge on any atom is -0.392 e. The van der Waals surface area contributed by atoms with Crippen LogP contribution in [0, 0.1) is 5.41 Å². The Morgan fingerprint density at radius 1 is 1.19 bits per heavy atom. The van der Waals surface area contributed by atoms with Gasteiger partial charge < -0.3 is 15.6 Å². The second-order valence-electron chi connectivity index (χ2n) is 7.54. The molecule has 2 aromatic rings. The maximum Gasteiger partial charge on any atom is 0.178 e. The highest BCUT2D eigenvalue weighted by Crippen LogP contribution is 2.51. The average Bonchev–Trinajstić information content (AvgIpc) is 2.73. The Balaban J connectivity index is 1.33. The summed E-state index contributed by atoms with van der Waals surface area (Å²) < 4.78 is 5.87. The van der Waals surface area contributed by atoms with E-state index in [1.54, 1.807) is 6.20 Å². The van der Waals surface area contributed by atoms with E-state index in [1.807, 2.05) is 30.6 Å². The molecule has 0 unspecified atom stereocenters. The van der Waals surface area contributed by atoms with Crippen molar-refractivity contribution in [3.8, 4) is 11.5 Å². The normalized spacial score (nSPS) is 24.7. The lowest BCUT2D eigenvalue weighted by atomic mass is 9.58. The van der Waals surface area contributed by atoms with Gasteiger partial charge in [0.1, 0.15) is 5.69 Å². The molecule has 4 rings (SSSR count). The van der Waals surface area contributed by atoms with Gasteiger partial charge in [0.25, 0.3) is 0 Å². The van der Waals surface area contributed by atoms with E-state index in [2.05, 4.69) is 19.9 Å². The number of aromatic nitrogens is 3. The van der Waals surface area contributed by atoms with Crippen LogP contribution in [0.2, 0.25) is 0 Å². The van der Waals surface area contributed by atoms with E-state index < -0.39 is 0 Å². The van der Waals surface area contributed by atoms with Crippen molar-refractivity contribution in [3.63, 3.8) is 0 Å². The fraction of sp³-hybridized carbons (Fsp3) is 0.550. The molecular weight excluding hydrogens is 342 g/mol. The monoisotopic (exact) mass is 369 g/mol. The summed E-state index contributed by atoms with van der Waals surface area (Å²) in [5, 5.41) is 10.4. The first kappa shape index (κ1) is 18.4. The SMILES string of the molecule is NCCO[C@H]1C[C@@H](O)C12CCN(Cc1cnc(-c3ccccn3)nc1)CC2. The van der Waals surface area contributed by atoms with Crippen LogP contribution < -0.4 is 5.73 Å². The zero-order chi connectivity index (χ0) is 18.7. The summed E-state index contributed by atoms with van der Waals surface area (Å²) >= 11 is 0. The van der Waals surface area contributed by atoms with E-state index in [9.17, 15) is 5.11 Å². The molecule has 0 radical (unpaired) electrons. The maximum absolute atomic E-state index is 10.4. The number of piperidine rings is 1. The Morgan fingerprint density at radius 3 is 2.59 bits per heavy atom. The number of likely N-dealkylation sites (tertiary alicyclic amines) is 1. The first-order valence-corrected chi connectivity index (χ1v) is 9.66. The molecule has 2 atom stereocenters. The van der Waals surface area contributed by atoms with Gasteiger partial charge in [0.05, 0.1) is 18.8 Å². The molecule has 27 heavy (non-hydrogen) atoms. The standard InChI is InChI=1S/C20H27N5O2/c21-6-10-27-18-11-17(26)20(18)4-8-25(9-5-20)14-15-12-23-19(24-13-15)16-3-1-2-7-22-16/h1-3,7,12-13,17-18,26H,4-6,8-11,14,21H2/t17-,18+/m1/s1. The van der Waals surface area contributed by atoms with Crippen LogP contribution in [0.4, 0.5) is 0 Å². The summed E-state index contributed by atoms with van der Waals surface area (Å²) in [7, 11) is 0. The van der Waals surface area contributed by atoms with Crippen molar-refractivity contribution < 1.29 is 9.84 Å². The topological polar surface area (TPSA) is 97.4 Å². The fourth-order valence-corrected chi connectivity index (χ4v) is 4.28. The molecule has 7 heteroatoms. The number of pyridine rings is 1. The summed E-state index contributed by atoms with van der Waals surface area (Å²) in [5.74, 6) is 0.648. The molecule has 7 nitrogen and oxygen atoms in total. The highest BCUT2D eigenvalue weighted by atomic mass is 16.5. The predicted molar refractivity (Wildman–Crippen MR) is 102 cm³/mol. The van der Waals surface area contributed by atoms with Gasteiger partial charge in [-0.3, -0.25) is 9.88 Å². The van der Waals surface area contributed by atoms with Crippen LogP contribution >= 0.6 is 0 Å². The third-order valence-corrected chi connectivity index (χ3v) is 5.97. The molecule has 1 spiro atoms. The van der Waals surface area contributed by atoms with E-state index in [0.717, 1.165) is 50.2 Å². The van der Waals surface area contributed by atoms with E-state index in [4.69, 9.17) is 10.5 Å². The average molecular weight is 369 g/mol. The van der Waals surface area contributed by atoms with Crippen molar-refractivity contribution in [1.29, 1.82) is 0 Å². The lowest BCUT2D eigenvalue weighted by molar-refractivity contribution is -0.210. The van der Waals surface area contributed by atoms with Gasteiger partial charge in [0, 0.05) is 49.1 Å². The third-order valence-electron chi connectivity index (χ3n) is 5.97. The number of ether oxygens (including phenoxy) is 1. The second kappa shape index (κ2) is 7.98. The summed E-state index contributed by atoms with van der Waals surface area (Å²) in [6, 6.07) is 5.72. The van der Waals surface area contributed by atoms with Crippen LogP contribution in [0.25, 0.3) is 11.5 Å². The van der Waals surface area contributed by atoms with Gasteiger partial charge in [-0.1, -0.05) is 6.07 Å². The van der Waals surface area contributed by atoms with Crippen molar-refractivity contribution in [2.75, 3.05) is 26.2 Å². The van der Waals surface area contributed by atoms with Crippen molar-refractivity contribution in [1.82, 2.24) is 19.9 Å². The molecule has 2 aliphatic rings. The Labute approximate surface area is 159 Å². The number of nitrogens with zero attached hydrogens (tertiary/aromatic N) is 4. The number of hydrogen-bond donors (Lipinski definition) is 2.